The van der Waals surface area contributed by atoms with E-state index in [0.717, 1.165) is 11.1 Å². The van der Waals surface area contributed by atoms with Crippen LogP contribution in [0.4, 0.5) is 0 Å². The van der Waals surface area contributed by atoms with Crippen LogP contribution in [-0.4, -0.2) is 16.1 Å². The smallest absolute Gasteiger partial charge is 0.508 e. The van der Waals surface area contributed by atoms with E-state index < -0.39 is 8.25 Å². The summed E-state index contributed by atoms with van der Waals surface area (Å²) in [5.74, 6) is 0.227. The number of rotatable bonds is 4. The lowest BCUT2D eigenvalue weighted by atomic mass is 9.82. The van der Waals surface area contributed by atoms with Gasteiger partial charge in [0, 0.05) is 11.0 Å². The van der Waals surface area contributed by atoms with Gasteiger partial charge in [0.2, 0.25) is 0 Å². The van der Waals surface area contributed by atoms with E-state index in [1.165, 1.54) is 0 Å². The van der Waals surface area contributed by atoms with Crippen molar-refractivity contribution >= 4 is 8.25 Å². The maximum Gasteiger partial charge on any atom is 0.694 e. The molecule has 0 fully saturated rings. The quantitative estimate of drug-likeness (QED) is 0.825. The molecule has 4 nitrogen and oxygen atoms in total. The van der Waals surface area contributed by atoms with Gasteiger partial charge < -0.3 is 5.11 Å². The van der Waals surface area contributed by atoms with Crippen molar-refractivity contribution in [2.45, 2.75) is 45.6 Å². The highest BCUT2D eigenvalue weighted by molar-refractivity contribution is 7.32. The van der Waals surface area contributed by atoms with Gasteiger partial charge in [-0.15, -0.1) is 9.42 Å². The monoisotopic (exact) mass is 271 g/mol. The standard InChI is InChI=1S/C13H19O4P/c1-9(17-18(15)16)7-10-5-6-11(14)8-12(10)13(2,3)4/h5-6,8-9H,7H2,1-4H3,(H-,14,15,16)/p+1. The molecule has 1 rings (SSSR count). The van der Waals surface area contributed by atoms with Crippen LogP contribution in [0.1, 0.15) is 38.8 Å². The number of phenols is 1. The van der Waals surface area contributed by atoms with Crippen LogP contribution in [0.25, 0.3) is 0 Å². The fraction of sp³-hybridized carbons (Fsp3) is 0.538. The molecule has 0 aliphatic heterocycles. The lowest BCUT2D eigenvalue weighted by Gasteiger charge is -2.23. The minimum atomic E-state index is -2.58. The van der Waals surface area contributed by atoms with Crippen molar-refractivity contribution in [3.8, 4) is 5.75 Å². The molecule has 0 amide bonds. The Morgan fingerprint density at radius 1 is 1.39 bits per heavy atom. The number of phenolic OH excluding ortho intramolecular Hbond substituents is 1. The van der Waals surface area contributed by atoms with Crippen molar-refractivity contribution in [1.82, 2.24) is 0 Å². The lowest BCUT2D eigenvalue weighted by molar-refractivity contribution is 0.205. The van der Waals surface area contributed by atoms with E-state index in [9.17, 15) is 9.67 Å². The molecule has 0 saturated carbocycles. The highest BCUT2D eigenvalue weighted by atomic mass is 31.1. The van der Waals surface area contributed by atoms with Crippen LogP contribution in [0.3, 0.4) is 0 Å². The zero-order chi connectivity index (χ0) is 13.9. The van der Waals surface area contributed by atoms with Crippen molar-refractivity contribution in [2.75, 3.05) is 0 Å². The maximum absolute atomic E-state index is 10.6. The van der Waals surface area contributed by atoms with Crippen LogP contribution in [-0.2, 0) is 20.9 Å². The van der Waals surface area contributed by atoms with Gasteiger partial charge in [-0.2, -0.15) is 0 Å². The van der Waals surface area contributed by atoms with Crippen LogP contribution >= 0.6 is 8.25 Å². The predicted molar refractivity (Wildman–Crippen MR) is 70.9 cm³/mol. The first-order valence-electron chi connectivity index (χ1n) is 5.85. The summed E-state index contributed by atoms with van der Waals surface area (Å²) in [5, 5.41) is 9.56. The summed E-state index contributed by atoms with van der Waals surface area (Å²) in [6.45, 7) is 7.93. The van der Waals surface area contributed by atoms with E-state index in [1.807, 2.05) is 6.07 Å². The van der Waals surface area contributed by atoms with Gasteiger partial charge in [-0.25, -0.2) is 0 Å². The molecule has 0 aromatic heterocycles. The highest BCUT2D eigenvalue weighted by Crippen LogP contribution is 2.31. The van der Waals surface area contributed by atoms with Crippen molar-refractivity contribution in [3.05, 3.63) is 29.3 Å². The van der Waals surface area contributed by atoms with Gasteiger partial charge in [0.05, 0.1) is 0 Å². The summed E-state index contributed by atoms with van der Waals surface area (Å²) in [4.78, 5) is 8.72. The van der Waals surface area contributed by atoms with Crippen molar-refractivity contribution < 1.29 is 19.1 Å². The predicted octanol–water partition coefficient (Wildman–Crippen LogP) is 3.29. The molecule has 0 heterocycles. The van der Waals surface area contributed by atoms with Crippen molar-refractivity contribution in [3.63, 3.8) is 0 Å². The van der Waals surface area contributed by atoms with Gasteiger partial charge in [0.15, 0.2) is 0 Å². The van der Waals surface area contributed by atoms with Crippen molar-refractivity contribution in [2.24, 2.45) is 0 Å². The Hall–Kier alpha value is -0.960. The second kappa shape index (κ2) is 5.79. The Bertz CT molecular complexity index is 437. The van der Waals surface area contributed by atoms with Gasteiger partial charge in [-0.1, -0.05) is 26.8 Å². The second-order valence-corrected chi connectivity index (χ2v) is 6.14. The molecule has 0 saturated heterocycles. The second-order valence-electron chi connectivity index (χ2n) is 5.45. The average molecular weight is 271 g/mol. The molecule has 100 valence electrons. The van der Waals surface area contributed by atoms with Crippen LogP contribution in [0, 0.1) is 0 Å². The third kappa shape index (κ3) is 4.37. The van der Waals surface area contributed by atoms with E-state index in [4.69, 9.17) is 9.42 Å². The summed E-state index contributed by atoms with van der Waals surface area (Å²) in [6.07, 6.45) is 0.193. The molecule has 0 aliphatic carbocycles. The number of aromatic hydroxyl groups is 1. The molecule has 2 atom stereocenters. The summed E-state index contributed by atoms with van der Waals surface area (Å²) in [6, 6.07) is 5.19. The first-order valence-corrected chi connectivity index (χ1v) is 6.98. The van der Waals surface area contributed by atoms with E-state index in [1.54, 1.807) is 19.1 Å². The number of hydrogen-bond donors (Lipinski definition) is 2. The molecule has 2 N–H and O–H groups in total. The zero-order valence-electron chi connectivity index (χ0n) is 11.2. The number of benzene rings is 1. The summed E-state index contributed by atoms with van der Waals surface area (Å²) in [7, 11) is -2.58. The summed E-state index contributed by atoms with van der Waals surface area (Å²) in [5.41, 5.74) is 1.94. The highest BCUT2D eigenvalue weighted by Gasteiger charge is 2.23. The molecular formula is C13H20O4P+. The van der Waals surface area contributed by atoms with E-state index >= 15 is 0 Å². The largest absolute Gasteiger partial charge is 0.694 e. The molecule has 1 aromatic carbocycles. The molecule has 0 radical (unpaired) electrons. The van der Waals surface area contributed by atoms with Gasteiger partial charge in [-0.05, 0) is 35.6 Å². The fourth-order valence-corrected chi connectivity index (χ4v) is 2.32. The molecule has 0 bridgehead atoms. The average Bonchev–Trinajstić information content (AvgIpc) is 2.17. The fourth-order valence-electron chi connectivity index (χ4n) is 1.94. The Kier molecular flexibility index (Phi) is 4.85. The van der Waals surface area contributed by atoms with Gasteiger partial charge in [-0.3, -0.25) is 0 Å². The first-order chi connectivity index (χ1) is 8.20. The van der Waals surface area contributed by atoms with Crippen LogP contribution < -0.4 is 0 Å². The number of hydrogen-bond acceptors (Lipinski definition) is 3. The van der Waals surface area contributed by atoms with Crippen LogP contribution in [0.5, 0.6) is 5.75 Å². The molecule has 1 aromatic rings. The van der Waals surface area contributed by atoms with E-state index in [-0.39, 0.29) is 17.3 Å². The Labute approximate surface area is 109 Å². The van der Waals surface area contributed by atoms with Gasteiger partial charge >= 0.3 is 8.25 Å². The van der Waals surface area contributed by atoms with E-state index in [0.29, 0.717) is 6.42 Å². The van der Waals surface area contributed by atoms with Gasteiger partial charge in [0.25, 0.3) is 0 Å². The summed E-state index contributed by atoms with van der Waals surface area (Å²) < 4.78 is 15.5. The third-order valence-electron chi connectivity index (χ3n) is 2.68. The first kappa shape index (κ1) is 15.1. The Morgan fingerprint density at radius 2 is 2.00 bits per heavy atom. The van der Waals surface area contributed by atoms with Crippen molar-refractivity contribution in [1.29, 1.82) is 0 Å². The van der Waals surface area contributed by atoms with Crippen LogP contribution in [0.2, 0.25) is 0 Å². The topological polar surface area (TPSA) is 66.8 Å². The molecule has 2 unspecified atom stereocenters. The van der Waals surface area contributed by atoms with Crippen LogP contribution in [0.15, 0.2) is 18.2 Å². The SMILES string of the molecule is CC(Cc1ccc(O)cc1C(C)(C)C)O[P+](=O)O. The molecule has 0 aliphatic rings. The van der Waals surface area contributed by atoms with Gasteiger partial charge in [0.1, 0.15) is 11.9 Å². The molecule has 5 heteroatoms. The maximum atomic E-state index is 10.6. The summed E-state index contributed by atoms with van der Waals surface area (Å²) >= 11 is 0. The lowest BCUT2D eigenvalue weighted by Crippen LogP contribution is -2.17. The Morgan fingerprint density at radius 3 is 2.50 bits per heavy atom. The molecular weight excluding hydrogens is 251 g/mol. The van der Waals surface area contributed by atoms with E-state index in [2.05, 4.69) is 20.8 Å². The normalized spacial score (nSPS) is 14.4. The third-order valence-corrected chi connectivity index (χ3v) is 3.22. The molecule has 0 spiro atoms. The molecule has 18 heavy (non-hydrogen) atoms. The Balaban J connectivity index is 2.98. The minimum Gasteiger partial charge on any atom is -0.508 e. The minimum absolute atomic E-state index is 0.102. The zero-order valence-corrected chi connectivity index (χ0v) is 12.1.